The standard InChI is InChI=1S/C22H27N3O2/c1-27-20-8-6-19(7-9-20)22(10-11-22)24-21(26)18-5-3-13-25(16-18)15-17-4-2-12-23-14-17/h2,4,6-9,12,14,18H,3,5,10-11,13,15-16H2,1H3,(H,24,26). The molecule has 4 rings (SSSR count). The molecule has 5 heteroatoms. The van der Waals surface area contributed by atoms with Crippen LogP contribution in [0.25, 0.3) is 0 Å². The Morgan fingerprint density at radius 3 is 2.78 bits per heavy atom. The normalized spacial score (nSPS) is 21.4. The molecule has 1 saturated heterocycles. The van der Waals surface area contributed by atoms with E-state index < -0.39 is 0 Å². The van der Waals surface area contributed by atoms with Gasteiger partial charge in [0.2, 0.25) is 5.91 Å². The zero-order valence-electron chi connectivity index (χ0n) is 15.9. The number of hydrogen-bond donors (Lipinski definition) is 1. The lowest BCUT2D eigenvalue weighted by atomic mass is 9.95. The molecular formula is C22H27N3O2. The summed E-state index contributed by atoms with van der Waals surface area (Å²) in [5.74, 6) is 1.10. The van der Waals surface area contributed by atoms with Gasteiger partial charge in [-0.1, -0.05) is 18.2 Å². The van der Waals surface area contributed by atoms with E-state index in [1.807, 2.05) is 24.4 Å². The zero-order valence-corrected chi connectivity index (χ0v) is 15.9. The predicted octanol–water partition coefficient (Wildman–Crippen LogP) is 3.11. The zero-order chi connectivity index (χ0) is 18.7. The average molecular weight is 365 g/mol. The van der Waals surface area contributed by atoms with Crippen LogP contribution in [0, 0.1) is 5.92 Å². The molecule has 2 aliphatic rings. The highest BCUT2D eigenvalue weighted by Gasteiger charge is 2.46. The number of piperidine rings is 1. The Labute approximate surface area is 160 Å². The van der Waals surface area contributed by atoms with Gasteiger partial charge in [0.25, 0.3) is 0 Å². The predicted molar refractivity (Wildman–Crippen MR) is 104 cm³/mol. The fourth-order valence-corrected chi connectivity index (χ4v) is 4.02. The SMILES string of the molecule is COc1ccc(C2(NC(=O)C3CCCN(Cc4cccnc4)C3)CC2)cc1. The molecule has 1 aliphatic carbocycles. The third kappa shape index (κ3) is 4.14. The first kappa shape index (κ1) is 18.0. The molecule has 1 aliphatic heterocycles. The van der Waals surface area contributed by atoms with E-state index in [0.717, 1.165) is 51.1 Å². The second-order valence-electron chi connectivity index (χ2n) is 7.74. The van der Waals surface area contributed by atoms with Gasteiger partial charge in [0.1, 0.15) is 5.75 Å². The fourth-order valence-electron chi connectivity index (χ4n) is 4.02. The molecule has 1 aromatic carbocycles. The van der Waals surface area contributed by atoms with E-state index in [1.54, 1.807) is 13.3 Å². The number of ether oxygens (including phenoxy) is 1. The second kappa shape index (κ2) is 7.69. The summed E-state index contributed by atoms with van der Waals surface area (Å²) in [4.78, 5) is 19.5. The lowest BCUT2D eigenvalue weighted by Crippen LogP contribution is -2.45. The van der Waals surface area contributed by atoms with Crippen LogP contribution >= 0.6 is 0 Å². The van der Waals surface area contributed by atoms with Crippen LogP contribution in [0.2, 0.25) is 0 Å². The molecular weight excluding hydrogens is 338 g/mol. The highest BCUT2D eigenvalue weighted by atomic mass is 16.5. The van der Waals surface area contributed by atoms with Gasteiger partial charge in [-0.15, -0.1) is 0 Å². The number of likely N-dealkylation sites (tertiary alicyclic amines) is 1. The molecule has 27 heavy (non-hydrogen) atoms. The molecule has 142 valence electrons. The van der Waals surface area contributed by atoms with Crippen molar-refractivity contribution in [3.63, 3.8) is 0 Å². The minimum atomic E-state index is -0.172. The molecule has 5 nitrogen and oxygen atoms in total. The smallest absolute Gasteiger partial charge is 0.225 e. The van der Waals surface area contributed by atoms with E-state index in [0.29, 0.717) is 0 Å². The van der Waals surface area contributed by atoms with E-state index in [-0.39, 0.29) is 17.4 Å². The molecule has 1 unspecified atom stereocenters. The van der Waals surface area contributed by atoms with Crippen molar-refractivity contribution in [1.82, 2.24) is 15.2 Å². The molecule has 1 atom stereocenters. The number of pyridine rings is 1. The molecule has 2 fully saturated rings. The van der Waals surface area contributed by atoms with Gasteiger partial charge in [-0.3, -0.25) is 14.7 Å². The van der Waals surface area contributed by atoms with Crippen LogP contribution in [0.3, 0.4) is 0 Å². The Kier molecular flexibility index (Phi) is 5.12. The van der Waals surface area contributed by atoms with Crippen LogP contribution in [0.4, 0.5) is 0 Å². The van der Waals surface area contributed by atoms with Crippen molar-refractivity contribution in [2.24, 2.45) is 5.92 Å². The third-order valence-corrected chi connectivity index (χ3v) is 5.76. The quantitative estimate of drug-likeness (QED) is 0.855. The molecule has 0 bridgehead atoms. The minimum absolute atomic E-state index is 0.0612. The van der Waals surface area contributed by atoms with Crippen LogP contribution < -0.4 is 10.1 Å². The number of benzene rings is 1. The van der Waals surface area contributed by atoms with Gasteiger partial charge in [0, 0.05) is 25.5 Å². The Hall–Kier alpha value is -2.40. The summed E-state index contributed by atoms with van der Waals surface area (Å²) in [6.07, 6.45) is 7.76. The molecule has 0 radical (unpaired) electrons. The van der Waals surface area contributed by atoms with Gasteiger partial charge in [-0.05, 0) is 61.6 Å². The maximum atomic E-state index is 13.0. The van der Waals surface area contributed by atoms with E-state index in [2.05, 4.69) is 33.4 Å². The second-order valence-corrected chi connectivity index (χ2v) is 7.74. The van der Waals surface area contributed by atoms with Gasteiger partial charge in [0.15, 0.2) is 0 Å². The number of nitrogens with zero attached hydrogens (tertiary/aromatic N) is 2. The Morgan fingerprint density at radius 1 is 1.30 bits per heavy atom. The van der Waals surface area contributed by atoms with Crippen molar-refractivity contribution in [3.05, 3.63) is 59.9 Å². The van der Waals surface area contributed by atoms with Crippen LogP contribution in [-0.4, -0.2) is 36.0 Å². The number of amides is 1. The van der Waals surface area contributed by atoms with Crippen molar-refractivity contribution in [3.8, 4) is 5.75 Å². The van der Waals surface area contributed by atoms with Gasteiger partial charge in [-0.2, -0.15) is 0 Å². The fraction of sp³-hybridized carbons (Fsp3) is 0.455. The van der Waals surface area contributed by atoms with Crippen LogP contribution in [0.15, 0.2) is 48.8 Å². The number of rotatable bonds is 6. The first-order valence-corrected chi connectivity index (χ1v) is 9.76. The van der Waals surface area contributed by atoms with Crippen LogP contribution in [0.1, 0.15) is 36.8 Å². The van der Waals surface area contributed by atoms with Gasteiger partial charge >= 0.3 is 0 Å². The van der Waals surface area contributed by atoms with Crippen LogP contribution in [-0.2, 0) is 16.9 Å². The lowest BCUT2D eigenvalue weighted by Gasteiger charge is -2.33. The topological polar surface area (TPSA) is 54.5 Å². The summed E-state index contributed by atoms with van der Waals surface area (Å²) in [6.45, 7) is 2.73. The molecule has 1 amide bonds. The highest BCUT2D eigenvalue weighted by Crippen LogP contribution is 2.46. The summed E-state index contributed by atoms with van der Waals surface area (Å²) in [5.41, 5.74) is 2.21. The number of aromatic nitrogens is 1. The highest BCUT2D eigenvalue weighted by molar-refractivity contribution is 5.80. The molecule has 1 saturated carbocycles. The van der Waals surface area contributed by atoms with Gasteiger partial charge in [0.05, 0.1) is 18.6 Å². The first-order chi connectivity index (χ1) is 13.2. The maximum absolute atomic E-state index is 13.0. The van der Waals surface area contributed by atoms with Gasteiger partial charge in [-0.25, -0.2) is 0 Å². The first-order valence-electron chi connectivity index (χ1n) is 9.76. The molecule has 0 spiro atoms. The Balaban J connectivity index is 1.37. The molecule has 2 heterocycles. The van der Waals surface area contributed by atoms with E-state index in [1.165, 1.54) is 11.1 Å². The lowest BCUT2D eigenvalue weighted by molar-refractivity contribution is -0.127. The Bertz CT molecular complexity index is 772. The van der Waals surface area contributed by atoms with Crippen LogP contribution in [0.5, 0.6) is 5.75 Å². The summed E-state index contributed by atoms with van der Waals surface area (Å²) in [6, 6.07) is 12.1. The third-order valence-electron chi connectivity index (χ3n) is 5.76. The number of nitrogens with one attached hydrogen (secondary N) is 1. The molecule has 1 aromatic heterocycles. The number of carbonyl (C=O) groups is 1. The van der Waals surface area contributed by atoms with E-state index in [4.69, 9.17) is 4.74 Å². The summed E-state index contributed by atoms with van der Waals surface area (Å²) >= 11 is 0. The summed E-state index contributed by atoms with van der Waals surface area (Å²) in [5, 5.41) is 3.36. The van der Waals surface area contributed by atoms with E-state index in [9.17, 15) is 4.79 Å². The Morgan fingerprint density at radius 2 is 2.11 bits per heavy atom. The average Bonchev–Trinajstić information content (AvgIpc) is 3.49. The maximum Gasteiger partial charge on any atom is 0.225 e. The van der Waals surface area contributed by atoms with Crippen molar-refractivity contribution < 1.29 is 9.53 Å². The largest absolute Gasteiger partial charge is 0.497 e. The number of methoxy groups -OCH3 is 1. The van der Waals surface area contributed by atoms with Gasteiger partial charge < -0.3 is 10.1 Å². The minimum Gasteiger partial charge on any atom is -0.497 e. The van der Waals surface area contributed by atoms with Crippen molar-refractivity contribution in [2.45, 2.75) is 37.8 Å². The molecule has 2 aromatic rings. The number of carbonyl (C=O) groups excluding carboxylic acids is 1. The monoisotopic (exact) mass is 365 g/mol. The summed E-state index contributed by atoms with van der Waals surface area (Å²) in [7, 11) is 1.67. The summed E-state index contributed by atoms with van der Waals surface area (Å²) < 4.78 is 5.24. The van der Waals surface area contributed by atoms with E-state index >= 15 is 0 Å². The van der Waals surface area contributed by atoms with Crippen molar-refractivity contribution in [1.29, 1.82) is 0 Å². The van der Waals surface area contributed by atoms with Crippen molar-refractivity contribution in [2.75, 3.05) is 20.2 Å². The van der Waals surface area contributed by atoms with Crippen molar-refractivity contribution >= 4 is 5.91 Å². The molecule has 1 N–H and O–H groups in total. The number of hydrogen-bond acceptors (Lipinski definition) is 4.